The summed E-state index contributed by atoms with van der Waals surface area (Å²) in [7, 11) is 0. The number of allylic oxidation sites excluding steroid dienone is 1. The van der Waals surface area contributed by atoms with Crippen LogP contribution < -0.4 is 0 Å². The fraction of sp³-hybridized carbons (Fsp3) is 0.636. The first-order valence-electron chi connectivity index (χ1n) is 4.68. The van der Waals surface area contributed by atoms with Gasteiger partial charge in [0, 0.05) is 5.41 Å². The third-order valence-electron chi connectivity index (χ3n) is 2.96. The third kappa shape index (κ3) is 1.61. The lowest BCUT2D eigenvalue weighted by Crippen LogP contribution is -2.35. The molecule has 0 saturated heterocycles. The van der Waals surface area contributed by atoms with E-state index in [9.17, 15) is 5.11 Å². The zero-order valence-electron chi connectivity index (χ0n) is 7.63. The summed E-state index contributed by atoms with van der Waals surface area (Å²) in [5.74, 6) is 0. The van der Waals surface area contributed by atoms with E-state index in [0.29, 0.717) is 0 Å². The Balaban J connectivity index is 2.72. The normalized spacial score (nSPS) is 35.9. The van der Waals surface area contributed by atoms with Crippen LogP contribution in [0.4, 0.5) is 0 Å². The van der Waals surface area contributed by atoms with Gasteiger partial charge in [-0.3, -0.25) is 0 Å². The highest BCUT2D eigenvalue weighted by Crippen LogP contribution is 2.40. The van der Waals surface area contributed by atoms with Crippen molar-refractivity contribution in [2.45, 2.75) is 38.2 Å². The summed E-state index contributed by atoms with van der Waals surface area (Å²) in [5, 5.41) is 9.83. The van der Waals surface area contributed by atoms with Crippen molar-refractivity contribution < 1.29 is 5.11 Å². The van der Waals surface area contributed by atoms with E-state index < -0.39 is 0 Å². The minimum absolute atomic E-state index is 0.0694. The van der Waals surface area contributed by atoms with Crippen LogP contribution in [0.1, 0.15) is 32.1 Å². The first-order chi connectivity index (χ1) is 5.75. The summed E-state index contributed by atoms with van der Waals surface area (Å²) in [6, 6.07) is 0. The Hall–Kier alpha value is -0.560. The molecule has 2 unspecified atom stereocenters. The molecule has 0 heterocycles. The highest BCUT2D eigenvalue weighted by Gasteiger charge is 2.35. The van der Waals surface area contributed by atoms with Gasteiger partial charge in [-0.2, -0.15) is 0 Å². The van der Waals surface area contributed by atoms with E-state index >= 15 is 0 Å². The Kier molecular flexibility index (Phi) is 3.10. The first kappa shape index (κ1) is 9.53. The van der Waals surface area contributed by atoms with E-state index in [1.54, 1.807) is 0 Å². The van der Waals surface area contributed by atoms with Crippen molar-refractivity contribution in [3.05, 3.63) is 25.3 Å². The van der Waals surface area contributed by atoms with Crippen LogP contribution in [0, 0.1) is 5.41 Å². The summed E-state index contributed by atoms with van der Waals surface area (Å²) in [5.41, 5.74) is -0.0694. The molecule has 0 spiro atoms. The monoisotopic (exact) mass is 166 g/mol. The SMILES string of the molecule is C=CCC1(C=C)CCCCC1O. The van der Waals surface area contributed by atoms with Crippen LogP contribution in [0.5, 0.6) is 0 Å². The Bertz CT molecular complexity index is 174. The smallest absolute Gasteiger partial charge is 0.0633 e. The summed E-state index contributed by atoms with van der Waals surface area (Å²) >= 11 is 0. The van der Waals surface area contributed by atoms with Crippen LogP contribution in [0.25, 0.3) is 0 Å². The van der Waals surface area contributed by atoms with E-state index in [-0.39, 0.29) is 11.5 Å². The van der Waals surface area contributed by atoms with Crippen LogP contribution in [0.3, 0.4) is 0 Å². The zero-order valence-corrected chi connectivity index (χ0v) is 7.63. The molecular weight excluding hydrogens is 148 g/mol. The molecule has 1 saturated carbocycles. The lowest BCUT2D eigenvalue weighted by Gasteiger charge is -2.38. The third-order valence-corrected chi connectivity index (χ3v) is 2.96. The van der Waals surface area contributed by atoms with Crippen LogP contribution >= 0.6 is 0 Å². The molecule has 1 nitrogen and oxygen atoms in total. The molecule has 0 aromatic carbocycles. The summed E-state index contributed by atoms with van der Waals surface area (Å²) in [6.45, 7) is 7.54. The molecule has 68 valence electrons. The number of aliphatic hydroxyl groups is 1. The van der Waals surface area contributed by atoms with E-state index in [1.807, 2.05) is 12.2 Å². The largest absolute Gasteiger partial charge is 0.392 e. The van der Waals surface area contributed by atoms with E-state index in [1.165, 1.54) is 6.42 Å². The van der Waals surface area contributed by atoms with Gasteiger partial charge in [-0.25, -0.2) is 0 Å². The lowest BCUT2D eigenvalue weighted by atomic mass is 9.70. The number of rotatable bonds is 3. The van der Waals surface area contributed by atoms with Gasteiger partial charge in [0.25, 0.3) is 0 Å². The van der Waals surface area contributed by atoms with Gasteiger partial charge in [0.15, 0.2) is 0 Å². The van der Waals surface area contributed by atoms with Gasteiger partial charge in [0.2, 0.25) is 0 Å². The van der Waals surface area contributed by atoms with Gasteiger partial charge >= 0.3 is 0 Å². The molecule has 0 bridgehead atoms. The summed E-state index contributed by atoms with van der Waals surface area (Å²) in [4.78, 5) is 0. The highest BCUT2D eigenvalue weighted by atomic mass is 16.3. The predicted molar refractivity (Wildman–Crippen MR) is 51.9 cm³/mol. The zero-order chi connectivity index (χ0) is 9.03. The van der Waals surface area contributed by atoms with E-state index in [0.717, 1.165) is 25.7 Å². The van der Waals surface area contributed by atoms with Gasteiger partial charge in [-0.1, -0.05) is 25.0 Å². The fourth-order valence-electron chi connectivity index (χ4n) is 2.07. The standard InChI is InChI=1S/C11H18O/c1-3-8-11(4-2)9-6-5-7-10(11)12/h3-4,10,12H,1-2,5-9H2. The van der Waals surface area contributed by atoms with Crippen LogP contribution in [-0.2, 0) is 0 Å². The lowest BCUT2D eigenvalue weighted by molar-refractivity contribution is 0.0230. The minimum atomic E-state index is -0.207. The maximum absolute atomic E-state index is 9.83. The second-order valence-corrected chi connectivity index (χ2v) is 3.69. The molecule has 12 heavy (non-hydrogen) atoms. The van der Waals surface area contributed by atoms with Crippen molar-refractivity contribution in [3.8, 4) is 0 Å². The Morgan fingerprint density at radius 3 is 2.67 bits per heavy atom. The van der Waals surface area contributed by atoms with Crippen molar-refractivity contribution in [2.24, 2.45) is 5.41 Å². The van der Waals surface area contributed by atoms with Crippen LogP contribution in [0.15, 0.2) is 25.3 Å². The number of aliphatic hydroxyl groups excluding tert-OH is 1. The fourth-order valence-corrected chi connectivity index (χ4v) is 2.07. The molecule has 0 aliphatic heterocycles. The average Bonchev–Trinajstić information content (AvgIpc) is 2.10. The van der Waals surface area contributed by atoms with Crippen molar-refractivity contribution in [1.82, 2.24) is 0 Å². The van der Waals surface area contributed by atoms with Crippen molar-refractivity contribution in [2.75, 3.05) is 0 Å². The Morgan fingerprint density at radius 2 is 2.17 bits per heavy atom. The van der Waals surface area contributed by atoms with Gasteiger partial charge in [-0.05, 0) is 19.3 Å². The van der Waals surface area contributed by atoms with Crippen LogP contribution in [-0.4, -0.2) is 11.2 Å². The molecule has 1 aliphatic rings. The molecule has 1 aliphatic carbocycles. The van der Waals surface area contributed by atoms with Gasteiger partial charge in [-0.15, -0.1) is 13.2 Å². The quantitative estimate of drug-likeness (QED) is 0.639. The molecule has 0 aromatic rings. The number of hydrogen-bond donors (Lipinski definition) is 1. The number of hydrogen-bond acceptors (Lipinski definition) is 1. The molecule has 1 heteroatoms. The summed E-state index contributed by atoms with van der Waals surface area (Å²) < 4.78 is 0. The highest BCUT2D eigenvalue weighted by molar-refractivity contribution is 5.04. The predicted octanol–water partition coefficient (Wildman–Crippen LogP) is 2.67. The molecule has 1 rings (SSSR count). The van der Waals surface area contributed by atoms with Crippen molar-refractivity contribution in [3.63, 3.8) is 0 Å². The van der Waals surface area contributed by atoms with E-state index in [2.05, 4.69) is 13.2 Å². The molecule has 0 amide bonds. The second-order valence-electron chi connectivity index (χ2n) is 3.69. The molecular formula is C11H18O. The van der Waals surface area contributed by atoms with Gasteiger partial charge in [0.1, 0.15) is 0 Å². The van der Waals surface area contributed by atoms with Gasteiger partial charge < -0.3 is 5.11 Å². The second kappa shape index (κ2) is 3.90. The van der Waals surface area contributed by atoms with Gasteiger partial charge in [0.05, 0.1) is 6.10 Å². The molecule has 0 radical (unpaired) electrons. The topological polar surface area (TPSA) is 20.2 Å². The minimum Gasteiger partial charge on any atom is -0.392 e. The van der Waals surface area contributed by atoms with Crippen LogP contribution in [0.2, 0.25) is 0 Å². The Labute approximate surface area is 74.8 Å². The van der Waals surface area contributed by atoms with Crippen molar-refractivity contribution >= 4 is 0 Å². The molecule has 2 atom stereocenters. The molecule has 1 fully saturated rings. The first-order valence-corrected chi connectivity index (χ1v) is 4.68. The molecule has 0 aromatic heterocycles. The van der Waals surface area contributed by atoms with Crippen molar-refractivity contribution in [1.29, 1.82) is 0 Å². The molecule has 1 N–H and O–H groups in total. The maximum atomic E-state index is 9.83. The maximum Gasteiger partial charge on any atom is 0.0633 e. The average molecular weight is 166 g/mol. The Morgan fingerprint density at radius 1 is 1.42 bits per heavy atom. The van der Waals surface area contributed by atoms with E-state index in [4.69, 9.17) is 0 Å². The summed E-state index contributed by atoms with van der Waals surface area (Å²) in [6.07, 6.45) is 8.78.